The number of hydrogen-bond donors (Lipinski definition) is 1. The molecule has 0 fully saturated rings. The first-order valence-electron chi connectivity index (χ1n) is 7.40. The van der Waals surface area contributed by atoms with Crippen LogP contribution in [0.4, 0.5) is 10.1 Å². The van der Waals surface area contributed by atoms with Gasteiger partial charge in [-0.15, -0.1) is 0 Å². The third-order valence-electron chi connectivity index (χ3n) is 3.35. The Bertz CT molecular complexity index is 902. The monoisotopic (exact) mass is 339 g/mol. The van der Waals surface area contributed by atoms with E-state index in [4.69, 9.17) is 4.74 Å². The zero-order chi connectivity index (χ0) is 17.8. The number of carbonyl (C=O) groups is 2. The summed E-state index contributed by atoms with van der Waals surface area (Å²) in [5.74, 6) is -1.01. The number of nitrogens with zero attached hydrogens (tertiary/aromatic N) is 2. The molecule has 2 aromatic carbocycles. The highest BCUT2D eigenvalue weighted by atomic mass is 19.1. The van der Waals surface area contributed by atoms with Gasteiger partial charge in [-0.2, -0.15) is 5.10 Å². The number of aryl methyl sites for hydroxylation is 1. The van der Waals surface area contributed by atoms with Gasteiger partial charge in [-0.1, -0.05) is 0 Å². The molecule has 25 heavy (non-hydrogen) atoms. The number of nitrogens with one attached hydrogen (secondary N) is 1. The molecule has 0 spiro atoms. The molecule has 0 saturated heterocycles. The Labute approximate surface area is 142 Å². The van der Waals surface area contributed by atoms with Gasteiger partial charge in [0.25, 0.3) is 5.91 Å². The van der Waals surface area contributed by atoms with Crippen molar-refractivity contribution in [1.82, 2.24) is 9.78 Å². The van der Waals surface area contributed by atoms with Crippen molar-refractivity contribution in [3.05, 3.63) is 77.9 Å². The van der Waals surface area contributed by atoms with Crippen LogP contribution in [0.3, 0.4) is 0 Å². The van der Waals surface area contributed by atoms with Crippen molar-refractivity contribution >= 4 is 17.6 Å². The topological polar surface area (TPSA) is 73.2 Å². The molecular weight excluding hydrogens is 325 g/mol. The van der Waals surface area contributed by atoms with Crippen molar-refractivity contribution in [3.8, 4) is 5.75 Å². The molecule has 3 rings (SSSR count). The van der Waals surface area contributed by atoms with Crippen molar-refractivity contribution in [3.63, 3.8) is 0 Å². The molecule has 7 heteroatoms. The average molecular weight is 339 g/mol. The van der Waals surface area contributed by atoms with Crippen LogP contribution in [0, 0.1) is 5.82 Å². The van der Waals surface area contributed by atoms with E-state index in [-0.39, 0.29) is 17.4 Å². The van der Waals surface area contributed by atoms with Gasteiger partial charge < -0.3 is 10.1 Å². The summed E-state index contributed by atoms with van der Waals surface area (Å²) in [6.07, 6.45) is 1.64. The van der Waals surface area contributed by atoms with Crippen molar-refractivity contribution in [2.24, 2.45) is 7.05 Å². The Morgan fingerprint density at radius 1 is 1.04 bits per heavy atom. The van der Waals surface area contributed by atoms with Gasteiger partial charge in [-0.25, -0.2) is 9.18 Å². The quantitative estimate of drug-likeness (QED) is 0.586. The fourth-order valence-electron chi connectivity index (χ4n) is 2.09. The number of esters is 1. The second kappa shape index (κ2) is 6.96. The van der Waals surface area contributed by atoms with Crippen molar-refractivity contribution < 1.29 is 18.7 Å². The molecule has 6 nitrogen and oxygen atoms in total. The molecule has 1 heterocycles. The fourth-order valence-corrected chi connectivity index (χ4v) is 2.09. The van der Waals surface area contributed by atoms with E-state index in [1.807, 2.05) is 0 Å². The van der Waals surface area contributed by atoms with Crippen LogP contribution < -0.4 is 10.1 Å². The lowest BCUT2D eigenvalue weighted by atomic mass is 10.2. The molecule has 0 unspecified atom stereocenters. The van der Waals surface area contributed by atoms with E-state index in [9.17, 15) is 14.0 Å². The number of anilines is 1. The van der Waals surface area contributed by atoms with E-state index in [0.717, 1.165) is 0 Å². The Morgan fingerprint density at radius 3 is 2.32 bits per heavy atom. The molecule has 0 aliphatic rings. The maximum Gasteiger partial charge on any atom is 0.364 e. The average Bonchev–Trinajstić information content (AvgIpc) is 3.04. The summed E-state index contributed by atoms with van der Waals surface area (Å²) in [4.78, 5) is 24.0. The lowest BCUT2D eigenvalue weighted by Gasteiger charge is -2.06. The lowest BCUT2D eigenvalue weighted by Crippen LogP contribution is -2.12. The maximum atomic E-state index is 12.9. The molecule has 1 aromatic heterocycles. The summed E-state index contributed by atoms with van der Waals surface area (Å²) in [6, 6.07) is 13.1. The summed E-state index contributed by atoms with van der Waals surface area (Å²) in [5, 5.41) is 6.61. The van der Waals surface area contributed by atoms with Crippen LogP contribution in [0.2, 0.25) is 0 Å². The molecule has 0 atom stereocenters. The highest BCUT2D eigenvalue weighted by Gasteiger charge is 2.12. The van der Waals surface area contributed by atoms with E-state index < -0.39 is 5.97 Å². The van der Waals surface area contributed by atoms with Crippen LogP contribution in [0.5, 0.6) is 5.75 Å². The molecule has 3 aromatic rings. The number of carbonyl (C=O) groups excluding carboxylic acids is 2. The van der Waals surface area contributed by atoms with Gasteiger partial charge in [0, 0.05) is 24.5 Å². The number of ether oxygens (including phenoxy) is 1. The lowest BCUT2D eigenvalue weighted by molar-refractivity contribution is 0.0727. The van der Waals surface area contributed by atoms with Crippen LogP contribution >= 0.6 is 0 Å². The molecular formula is C18H14FN3O3. The van der Waals surface area contributed by atoms with Crippen LogP contribution in [-0.2, 0) is 7.05 Å². The molecule has 126 valence electrons. The minimum atomic E-state index is -0.580. The molecule has 1 amide bonds. The van der Waals surface area contributed by atoms with E-state index in [2.05, 4.69) is 10.4 Å². The first kappa shape index (κ1) is 16.4. The first-order valence-corrected chi connectivity index (χ1v) is 7.40. The molecule has 0 aliphatic heterocycles. The fraction of sp³-hybridized carbons (Fsp3) is 0.0556. The van der Waals surface area contributed by atoms with Crippen molar-refractivity contribution in [1.29, 1.82) is 0 Å². The maximum absolute atomic E-state index is 12.9. The predicted molar refractivity (Wildman–Crippen MR) is 89.0 cm³/mol. The van der Waals surface area contributed by atoms with Crippen molar-refractivity contribution in [2.75, 3.05) is 5.32 Å². The van der Waals surface area contributed by atoms with E-state index >= 15 is 0 Å². The summed E-state index contributed by atoms with van der Waals surface area (Å²) in [5.41, 5.74) is 1.06. The van der Waals surface area contributed by atoms with Crippen LogP contribution in [0.15, 0.2) is 60.8 Å². The van der Waals surface area contributed by atoms with Gasteiger partial charge in [0.1, 0.15) is 11.6 Å². The minimum Gasteiger partial charge on any atom is -0.422 e. The zero-order valence-corrected chi connectivity index (χ0v) is 13.3. The van der Waals surface area contributed by atoms with Crippen LogP contribution in [0.1, 0.15) is 20.8 Å². The van der Waals surface area contributed by atoms with Gasteiger partial charge in [-0.3, -0.25) is 9.48 Å². The number of benzene rings is 2. The van der Waals surface area contributed by atoms with Gasteiger partial charge in [0.15, 0.2) is 5.69 Å². The SMILES string of the molecule is Cn1ccc(C(=O)Oc2ccc(C(=O)Nc3ccc(F)cc3)cc2)n1. The normalized spacial score (nSPS) is 10.3. The Kier molecular flexibility index (Phi) is 4.56. The number of halogens is 1. The Hall–Kier alpha value is -3.48. The smallest absolute Gasteiger partial charge is 0.364 e. The Balaban J connectivity index is 1.64. The number of rotatable bonds is 4. The predicted octanol–water partition coefficient (Wildman–Crippen LogP) is 3.03. The second-order valence-corrected chi connectivity index (χ2v) is 5.25. The number of amides is 1. The third kappa shape index (κ3) is 4.08. The highest BCUT2D eigenvalue weighted by Crippen LogP contribution is 2.16. The summed E-state index contributed by atoms with van der Waals surface area (Å²) in [7, 11) is 1.70. The van der Waals surface area contributed by atoms with Crippen LogP contribution in [0.25, 0.3) is 0 Å². The molecule has 0 bridgehead atoms. The first-order chi connectivity index (χ1) is 12.0. The minimum absolute atomic E-state index is 0.195. The van der Waals surface area contributed by atoms with E-state index in [1.54, 1.807) is 19.3 Å². The zero-order valence-electron chi connectivity index (χ0n) is 13.3. The van der Waals surface area contributed by atoms with Gasteiger partial charge in [0.2, 0.25) is 0 Å². The van der Waals surface area contributed by atoms with Gasteiger partial charge in [0.05, 0.1) is 0 Å². The largest absolute Gasteiger partial charge is 0.422 e. The summed E-state index contributed by atoms with van der Waals surface area (Å²) < 4.78 is 19.6. The second-order valence-electron chi connectivity index (χ2n) is 5.25. The van der Waals surface area contributed by atoms with Gasteiger partial charge in [-0.05, 0) is 54.6 Å². The number of aromatic nitrogens is 2. The van der Waals surface area contributed by atoms with E-state index in [1.165, 1.54) is 53.2 Å². The molecule has 1 N–H and O–H groups in total. The van der Waals surface area contributed by atoms with Gasteiger partial charge >= 0.3 is 5.97 Å². The molecule has 0 aliphatic carbocycles. The highest BCUT2D eigenvalue weighted by molar-refractivity contribution is 6.04. The summed E-state index contributed by atoms with van der Waals surface area (Å²) in [6.45, 7) is 0. The molecule has 0 radical (unpaired) electrons. The number of hydrogen-bond acceptors (Lipinski definition) is 4. The molecule has 0 saturated carbocycles. The standard InChI is InChI=1S/C18H14FN3O3/c1-22-11-10-16(21-22)18(24)25-15-8-2-12(3-9-15)17(23)20-14-6-4-13(19)5-7-14/h2-11H,1H3,(H,20,23). The third-order valence-corrected chi connectivity index (χ3v) is 3.35. The summed E-state index contributed by atoms with van der Waals surface area (Å²) >= 11 is 0. The van der Waals surface area contributed by atoms with Crippen molar-refractivity contribution in [2.45, 2.75) is 0 Å². The van der Waals surface area contributed by atoms with Crippen LogP contribution in [-0.4, -0.2) is 21.7 Å². The van der Waals surface area contributed by atoms with E-state index in [0.29, 0.717) is 17.0 Å². The Morgan fingerprint density at radius 2 is 1.72 bits per heavy atom.